The Morgan fingerprint density at radius 2 is 2.12 bits per heavy atom. The summed E-state index contributed by atoms with van der Waals surface area (Å²) < 4.78 is 11.5. The summed E-state index contributed by atoms with van der Waals surface area (Å²) in [5.74, 6) is 5.37. The lowest BCUT2D eigenvalue weighted by molar-refractivity contribution is -0.209. The lowest BCUT2D eigenvalue weighted by atomic mass is 9.97. The number of hydrogen-bond donors (Lipinski definition) is 0. The molecule has 3 nitrogen and oxygen atoms in total. The van der Waals surface area contributed by atoms with Gasteiger partial charge in [0.25, 0.3) is 0 Å². The molecule has 0 spiro atoms. The van der Waals surface area contributed by atoms with Gasteiger partial charge in [-0.2, -0.15) is 5.26 Å². The Morgan fingerprint density at radius 1 is 1.38 bits per heavy atom. The zero-order valence-electron chi connectivity index (χ0n) is 10.1. The van der Waals surface area contributed by atoms with Crippen molar-refractivity contribution in [3.8, 4) is 17.9 Å². The Morgan fingerprint density at radius 3 is 2.62 bits per heavy atom. The first-order chi connectivity index (χ1) is 7.76. The third-order valence-corrected chi connectivity index (χ3v) is 2.98. The molecule has 0 aromatic carbocycles. The molecule has 0 N–H and O–H groups in total. The van der Waals surface area contributed by atoms with Crippen LogP contribution in [0.3, 0.4) is 0 Å². The number of ether oxygens (including phenoxy) is 2. The minimum atomic E-state index is -0.516. The van der Waals surface area contributed by atoms with Gasteiger partial charge in [-0.25, -0.2) is 0 Å². The fourth-order valence-electron chi connectivity index (χ4n) is 1.82. The van der Waals surface area contributed by atoms with Crippen LogP contribution < -0.4 is 0 Å². The van der Waals surface area contributed by atoms with Crippen LogP contribution in [0.2, 0.25) is 0 Å². The van der Waals surface area contributed by atoms with Gasteiger partial charge in [0.1, 0.15) is 5.60 Å². The van der Waals surface area contributed by atoms with Gasteiger partial charge < -0.3 is 9.47 Å². The maximum absolute atomic E-state index is 8.52. The first-order valence-electron chi connectivity index (χ1n) is 5.97. The lowest BCUT2D eigenvalue weighted by Gasteiger charge is -2.33. The van der Waals surface area contributed by atoms with Crippen molar-refractivity contribution in [2.45, 2.75) is 57.8 Å². The molecule has 1 unspecified atom stereocenters. The Hall–Kier alpha value is -1.03. The van der Waals surface area contributed by atoms with Crippen LogP contribution in [0.25, 0.3) is 0 Å². The van der Waals surface area contributed by atoms with Crippen molar-refractivity contribution in [3.05, 3.63) is 0 Å². The Balaban J connectivity index is 2.65. The summed E-state index contributed by atoms with van der Waals surface area (Å²) in [6, 6.07) is 1.85. The Bertz CT molecular complexity index is 298. The first kappa shape index (κ1) is 13.0. The third-order valence-electron chi connectivity index (χ3n) is 2.98. The second-order valence-corrected chi connectivity index (χ2v) is 3.98. The van der Waals surface area contributed by atoms with Crippen LogP contribution >= 0.6 is 0 Å². The van der Waals surface area contributed by atoms with Gasteiger partial charge in [0.15, 0.2) is 12.4 Å². The zero-order valence-corrected chi connectivity index (χ0v) is 10.1. The van der Waals surface area contributed by atoms with E-state index in [-0.39, 0.29) is 6.29 Å². The number of rotatable bonds is 4. The van der Waals surface area contributed by atoms with Gasteiger partial charge in [-0.1, -0.05) is 19.8 Å². The number of hydrogen-bond acceptors (Lipinski definition) is 3. The molecule has 16 heavy (non-hydrogen) atoms. The van der Waals surface area contributed by atoms with Crippen molar-refractivity contribution in [3.63, 3.8) is 0 Å². The van der Waals surface area contributed by atoms with Gasteiger partial charge in [-0.3, -0.25) is 0 Å². The highest BCUT2D eigenvalue weighted by Crippen LogP contribution is 2.25. The summed E-state index contributed by atoms with van der Waals surface area (Å²) in [4.78, 5) is 0. The molecular weight excluding hydrogens is 202 g/mol. The van der Waals surface area contributed by atoms with E-state index in [1.807, 2.05) is 19.9 Å². The smallest absolute Gasteiger partial charge is 0.159 e. The van der Waals surface area contributed by atoms with Gasteiger partial charge in [0, 0.05) is 12.5 Å². The van der Waals surface area contributed by atoms with Crippen molar-refractivity contribution in [2.24, 2.45) is 0 Å². The van der Waals surface area contributed by atoms with Crippen LogP contribution in [0.1, 0.15) is 46.0 Å². The quantitative estimate of drug-likeness (QED) is 0.685. The third kappa shape index (κ3) is 3.52. The molecular formula is C13H19NO2. The van der Waals surface area contributed by atoms with Crippen LogP contribution in [0.15, 0.2) is 0 Å². The monoisotopic (exact) mass is 221 g/mol. The predicted octanol–water partition coefficient (Wildman–Crippen LogP) is 2.62. The summed E-state index contributed by atoms with van der Waals surface area (Å²) in [5.41, 5.74) is -0.516. The molecule has 3 heteroatoms. The molecule has 1 atom stereocenters. The summed E-state index contributed by atoms with van der Waals surface area (Å²) in [6.07, 6.45) is 4.57. The second kappa shape index (κ2) is 6.53. The minimum absolute atomic E-state index is 0.151. The SMILES string of the molecule is CCC(C#CC#N)(CC)OC1CCCCO1. The predicted molar refractivity (Wildman–Crippen MR) is 61.4 cm³/mol. The number of nitrogens with zero attached hydrogens (tertiary/aromatic N) is 1. The van der Waals surface area contributed by atoms with Gasteiger partial charge in [0.2, 0.25) is 0 Å². The molecule has 0 aromatic rings. The fraction of sp³-hybridized carbons (Fsp3) is 0.769. The highest BCUT2D eigenvalue weighted by Gasteiger charge is 2.29. The Labute approximate surface area is 97.7 Å². The summed E-state index contributed by atoms with van der Waals surface area (Å²) in [6.45, 7) is 4.82. The number of nitriles is 1. The van der Waals surface area contributed by atoms with E-state index in [4.69, 9.17) is 14.7 Å². The molecule has 0 aliphatic carbocycles. The van der Waals surface area contributed by atoms with E-state index in [2.05, 4.69) is 11.8 Å². The first-order valence-corrected chi connectivity index (χ1v) is 5.97. The lowest BCUT2D eigenvalue weighted by Crippen LogP contribution is -2.37. The molecule has 1 fully saturated rings. The van der Waals surface area contributed by atoms with E-state index < -0.39 is 5.60 Å². The van der Waals surface area contributed by atoms with Gasteiger partial charge in [-0.05, 0) is 32.1 Å². The average Bonchev–Trinajstić information content (AvgIpc) is 2.36. The summed E-state index contributed by atoms with van der Waals surface area (Å²) in [5, 5.41) is 8.52. The molecule has 1 heterocycles. The van der Waals surface area contributed by atoms with E-state index in [1.54, 1.807) is 0 Å². The molecule has 0 saturated carbocycles. The zero-order chi connectivity index (χ0) is 11.9. The van der Waals surface area contributed by atoms with E-state index in [1.165, 1.54) is 0 Å². The maximum Gasteiger partial charge on any atom is 0.159 e. The van der Waals surface area contributed by atoms with Gasteiger partial charge in [0.05, 0.1) is 0 Å². The van der Waals surface area contributed by atoms with Gasteiger partial charge >= 0.3 is 0 Å². The molecule has 0 amide bonds. The summed E-state index contributed by atoms with van der Waals surface area (Å²) in [7, 11) is 0. The van der Waals surface area contributed by atoms with Crippen molar-refractivity contribution in [2.75, 3.05) is 6.61 Å². The van der Waals surface area contributed by atoms with Crippen molar-refractivity contribution < 1.29 is 9.47 Å². The summed E-state index contributed by atoms with van der Waals surface area (Å²) >= 11 is 0. The van der Waals surface area contributed by atoms with Crippen LogP contribution in [0.5, 0.6) is 0 Å². The molecule has 88 valence electrons. The largest absolute Gasteiger partial charge is 0.353 e. The molecule has 0 bridgehead atoms. The van der Waals surface area contributed by atoms with Gasteiger partial charge in [-0.15, -0.1) is 0 Å². The van der Waals surface area contributed by atoms with E-state index >= 15 is 0 Å². The topological polar surface area (TPSA) is 42.2 Å². The van der Waals surface area contributed by atoms with Crippen LogP contribution in [-0.4, -0.2) is 18.5 Å². The van der Waals surface area contributed by atoms with Crippen LogP contribution in [0, 0.1) is 23.2 Å². The fourth-order valence-corrected chi connectivity index (χ4v) is 1.82. The average molecular weight is 221 g/mol. The van der Waals surface area contributed by atoms with Crippen molar-refractivity contribution in [1.29, 1.82) is 5.26 Å². The minimum Gasteiger partial charge on any atom is -0.353 e. The highest BCUT2D eigenvalue weighted by molar-refractivity contribution is 5.24. The van der Waals surface area contributed by atoms with Crippen molar-refractivity contribution in [1.82, 2.24) is 0 Å². The Kier molecular flexibility index (Phi) is 5.32. The molecule has 0 radical (unpaired) electrons. The molecule has 1 rings (SSSR count). The highest BCUT2D eigenvalue weighted by atomic mass is 16.7. The second-order valence-electron chi connectivity index (χ2n) is 3.98. The maximum atomic E-state index is 8.52. The molecule has 1 saturated heterocycles. The normalized spacial score (nSPS) is 20.7. The van der Waals surface area contributed by atoms with E-state index in [0.29, 0.717) is 0 Å². The standard InChI is InChI=1S/C13H19NO2/c1-3-13(4-2,9-7-10-14)16-12-8-5-6-11-15-12/h12H,3-6,8,11H2,1-2H3. The van der Waals surface area contributed by atoms with E-state index in [9.17, 15) is 0 Å². The molecule has 1 aliphatic rings. The molecule has 1 aliphatic heterocycles. The van der Waals surface area contributed by atoms with Crippen LogP contribution in [-0.2, 0) is 9.47 Å². The molecule has 0 aromatic heterocycles. The van der Waals surface area contributed by atoms with Crippen molar-refractivity contribution >= 4 is 0 Å². The van der Waals surface area contributed by atoms with E-state index in [0.717, 1.165) is 38.7 Å². The van der Waals surface area contributed by atoms with Crippen LogP contribution in [0.4, 0.5) is 0 Å².